The molecule has 0 unspecified atom stereocenters. The van der Waals surface area contributed by atoms with Crippen molar-refractivity contribution in [3.63, 3.8) is 0 Å². The summed E-state index contributed by atoms with van der Waals surface area (Å²) in [5.41, 5.74) is 1.36. The number of anilines is 1. The summed E-state index contributed by atoms with van der Waals surface area (Å²) in [4.78, 5) is 24.6. The molecule has 1 aliphatic rings. The van der Waals surface area contributed by atoms with E-state index in [1.54, 1.807) is 50.0 Å². The highest BCUT2D eigenvalue weighted by molar-refractivity contribution is 5.69. The second kappa shape index (κ2) is 10.1. The van der Waals surface area contributed by atoms with Gasteiger partial charge in [-0.15, -0.1) is 0 Å². The number of esters is 1. The highest BCUT2D eigenvalue weighted by Crippen LogP contribution is 2.31. The molecule has 1 atom stereocenters. The minimum atomic E-state index is -0.400. The predicted molar refractivity (Wildman–Crippen MR) is 119 cm³/mol. The quantitative estimate of drug-likeness (QED) is 0.406. The van der Waals surface area contributed by atoms with Crippen molar-refractivity contribution in [2.75, 3.05) is 25.5 Å². The molecule has 0 saturated carbocycles. The Hall–Kier alpha value is -3.72. The fourth-order valence-corrected chi connectivity index (χ4v) is 3.40. The third-order valence-electron chi connectivity index (χ3n) is 4.94. The van der Waals surface area contributed by atoms with Crippen LogP contribution in [0.25, 0.3) is 11.4 Å². The van der Waals surface area contributed by atoms with Gasteiger partial charge in [0.05, 0.1) is 19.5 Å². The molecule has 166 valence electrons. The van der Waals surface area contributed by atoms with E-state index in [4.69, 9.17) is 14.2 Å². The Bertz CT molecular complexity index is 1090. The zero-order chi connectivity index (χ0) is 22.3. The maximum atomic E-state index is 11.3. The van der Waals surface area contributed by atoms with Crippen LogP contribution in [0, 0.1) is 0 Å². The summed E-state index contributed by atoms with van der Waals surface area (Å²) >= 11 is 0. The van der Waals surface area contributed by atoms with Crippen molar-refractivity contribution in [3.8, 4) is 34.5 Å². The maximum absolute atomic E-state index is 11.3. The van der Waals surface area contributed by atoms with Gasteiger partial charge in [0, 0.05) is 37.3 Å². The van der Waals surface area contributed by atoms with Gasteiger partial charge in [0.1, 0.15) is 22.9 Å². The highest BCUT2D eigenvalue weighted by atomic mass is 16.5. The van der Waals surface area contributed by atoms with Crippen LogP contribution in [-0.2, 0) is 4.79 Å². The normalized spacial score (nSPS) is 15.2. The lowest BCUT2D eigenvalue weighted by molar-refractivity contribution is -0.131. The number of aromatic nitrogens is 3. The van der Waals surface area contributed by atoms with Crippen LogP contribution in [0.3, 0.4) is 0 Å². The zero-order valence-corrected chi connectivity index (χ0v) is 18.0. The van der Waals surface area contributed by atoms with Crippen molar-refractivity contribution in [1.29, 1.82) is 0 Å². The molecule has 1 aromatic carbocycles. The minimum Gasteiger partial charge on any atom is -0.495 e. The Morgan fingerprint density at radius 2 is 2.06 bits per heavy atom. The highest BCUT2D eigenvalue weighted by Gasteiger charge is 2.17. The number of nitrogens with zero attached hydrogens (tertiary/aromatic N) is 3. The minimum absolute atomic E-state index is 0.357. The molecule has 2 N–H and O–H groups in total. The molecule has 1 fully saturated rings. The first kappa shape index (κ1) is 21.5. The van der Waals surface area contributed by atoms with Crippen LogP contribution in [0.5, 0.6) is 23.1 Å². The average Bonchev–Trinajstić information content (AvgIpc) is 3.32. The van der Waals surface area contributed by atoms with Crippen molar-refractivity contribution in [3.05, 3.63) is 48.9 Å². The molecule has 0 spiro atoms. The first-order valence-corrected chi connectivity index (χ1v) is 10.4. The van der Waals surface area contributed by atoms with Gasteiger partial charge in [-0.05, 0) is 37.6 Å². The van der Waals surface area contributed by atoms with Gasteiger partial charge in [0.15, 0.2) is 5.82 Å². The van der Waals surface area contributed by atoms with Gasteiger partial charge in [0.2, 0.25) is 5.88 Å². The van der Waals surface area contributed by atoms with Gasteiger partial charge in [0.25, 0.3) is 0 Å². The molecule has 2 aromatic heterocycles. The van der Waals surface area contributed by atoms with E-state index in [0.717, 1.165) is 25.9 Å². The van der Waals surface area contributed by atoms with Crippen LogP contribution in [0.4, 0.5) is 5.69 Å². The Balaban J connectivity index is 1.63. The molecule has 3 heterocycles. The molecule has 0 bridgehead atoms. The lowest BCUT2D eigenvalue weighted by Crippen LogP contribution is -2.29. The molecular formula is C23H25N5O4. The SMILES string of the molecule is COc1cncc(-c2ncc(NC[C@@H]3CCCN3)c(Oc3cccc(OC(C)=O)c3)n2)c1. The Morgan fingerprint density at radius 3 is 2.84 bits per heavy atom. The van der Waals surface area contributed by atoms with E-state index in [9.17, 15) is 4.79 Å². The second-order valence-electron chi connectivity index (χ2n) is 7.37. The number of benzene rings is 1. The summed E-state index contributed by atoms with van der Waals surface area (Å²) in [7, 11) is 1.58. The van der Waals surface area contributed by atoms with Gasteiger partial charge in [-0.2, -0.15) is 4.98 Å². The molecule has 0 radical (unpaired) electrons. The Labute approximate surface area is 186 Å². The second-order valence-corrected chi connectivity index (χ2v) is 7.37. The van der Waals surface area contributed by atoms with Gasteiger partial charge in [-0.3, -0.25) is 9.78 Å². The van der Waals surface area contributed by atoms with Gasteiger partial charge in [-0.1, -0.05) is 6.07 Å². The van der Waals surface area contributed by atoms with Crippen molar-refractivity contribution in [2.24, 2.45) is 0 Å². The number of pyridine rings is 1. The number of rotatable bonds is 8. The summed E-state index contributed by atoms with van der Waals surface area (Å²) in [5, 5.41) is 6.84. The topological polar surface area (TPSA) is 107 Å². The molecular weight excluding hydrogens is 410 g/mol. The van der Waals surface area contributed by atoms with Crippen LogP contribution in [-0.4, -0.2) is 47.2 Å². The van der Waals surface area contributed by atoms with Crippen molar-refractivity contribution >= 4 is 11.7 Å². The van der Waals surface area contributed by atoms with Crippen molar-refractivity contribution in [1.82, 2.24) is 20.3 Å². The molecule has 3 aromatic rings. The molecule has 1 saturated heterocycles. The van der Waals surface area contributed by atoms with Crippen molar-refractivity contribution in [2.45, 2.75) is 25.8 Å². The zero-order valence-electron chi connectivity index (χ0n) is 18.0. The monoisotopic (exact) mass is 435 g/mol. The summed E-state index contributed by atoms with van der Waals surface area (Å²) in [5.74, 6) is 1.90. The first-order chi connectivity index (χ1) is 15.6. The Kier molecular flexibility index (Phi) is 6.76. The van der Waals surface area contributed by atoms with Crippen LogP contribution in [0.15, 0.2) is 48.9 Å². The number of hydrogen-bond donors (Lipinski definition) is 2. The number of carbonyl (C=O) groups excluding carboxylic acids is 1. The van der Waals surface area contributed by atoms with Gasteiger partial charge < -0.3 is 24.8 Å². The number of nitrogens with one attached hydrogen (secondary N) is 2. The molecule has 32 heavy (non-hydrogen) atoms. The molecule has 9 nitrogen and oxygen atoms in total. The molecule has 0 aliphatic carbocycles. The van der Waals surface area contributed by atoms with E-state index in [-0.39, 0.29) is 0 Å². The van der Waals surface area contributed by atoms with Gasteiger partial charge in [-0.25, -0.2) is 4.98 Å². The Morgan fingerprint density at radius 1 is 1.19 bits per heavy atom. The van der Waals surface area contributed by atoms with E-state index in [0.29, 0.717) is 46.2 Å². The smallest absolute Gasteiger partial charge is 0.308 e. The molecule has 0 amide bonds. The fourth-order valence-electron chi connectivity index (χ4n) is 3.40. The molecule has 4 rings (SSSR count). The number of carbonyl (C=O) groups is 1. The van der Waals surface area contributed by atoms with E-state index in [1.807, 2.05) is 6.07 Å². The maximum Gasteiger partial charge on any atom is 0.308 e. The number of ether oxygens (including phenoxy) is 3. The van der Waals surface area contributed by atoms with E-state index < -0.39 is 5.97 Å². The van der Waals surface area contributed by atoms with Crippen LogP contribution in [0.1, 0.15) is 19.8 Å². The lowest BCUT2D eigenvalue weighted by atomic mass is 10.2. The van der Waals surface area contributed by atoms with Gasteiger partial charge >= 0.3 is 5.97 Å². The first-order valence-electron chi connectivity index (χ1n) is 10.4. The number of methoxy groups -OCH3 is 1. The van der Waals surface area contributed by atoms with Crippen LogP contribution >= 0.6 is 0 Å². The fraction of sp³-hybridized carbons (Fsp3) is 0.304. The van der Waals surface area contributed by atoms with Crippen LogP contribution in [0.2, 0.25) is 0 Å². The van der Waals surface area contributed by atoms with E-state index in [2.05, 4.69) is 25.6 Å². The standard InChI is InChI=1S/C23H25N5O4/c1-15(29)31-18-6-3-7-19(10-18)32-23-21(26-12-17-5-4-8-25-17)14-27-22(28-23)16-9-20(30-2)13-24-11-16/h3,6-7,9-11,13-14,17,25-26H,4-5,8,12H2,1-2H3/t17-/m0/s1. The lowest BCUT2D eigenvalue weighted by Gasteiger charge is -2.16. The molecule has 9 heteroatoms. The third-order valence-corrected chi connectivity index (χ3v) is 4.94. The van der Waals surface area contributed by atoms with E-state index >= 15 is 0 Å². The largest absolute Gasteiger partial charge is 0.495 e. The predicted octanol–water partition coefficient (Wildman–Crippen LogP) is 3.43. The number of hydrogen-bond acceptors (Lipinski definition) is 9. The summed E-state index contributed by atoms with van der Waals surface area (Å²) in [6.45, 7) is 3.11. The summed E-state index contributed by atoms with van der Waals surface area (Å²) in [6.07, 6.45) is 7.26. The van der Waals surface area contributed by atoms with Crippen molar-refractivity contribution < 1.29 is 19.0 Å². The van der Waals surface area contributed by atoms with Crippen LogP contribution < -0.4 is 24.8 Å². The average molecular weight is 435 g/mol. The molecule has 1 aliphatic heterocycles. The van der Waals surface area contributed by atoms with E-state index in [1.165, 1.54) is 6.92 Å². The third kappa shape index (κ3) is 5.50. The summed E-state index contributed by atoms with van der Waals surface area (Å²) < 4.78 is 16.5. The summed E-state index contributed by atoms with van der Waals surface area (Å²) in [6, 6.07) is 9.03.